The second-order valence-electron chi connectivity index (χ2n) is 8.18. The zero-order valence-electron chi connectivity index (χ0n) is 17.8. The summed E-state index contributed by atoms with van der Waals surface area (Å²) in [5, 5.41) is 16.2. The number of benzene rings is 1. The fourth-order valence-electron chi connectivity index (χ4n) is 3.88. The standard InChI is InChI=1S/C23H22N8O/c1-13(21-23-19(24-7-8-25-23)10-20(28-21)27-15-3-4-15)32-16-5-6-18-17(9-16)22(30-29-18)14-11-26-31(2)12-14/h5-13,15H,3-4H2,1-2H3,(H,27,28)(H,29,30)/t13-/m1/s1. The van der Waals surface area contributed by atoms with Crippen molar-refractivity contribution in [3.63, 3.8) is 0 Å². The van der Waals surface area contributed by atoms with Crippen LogP contribution in [0.2, 0.25) is 0 Å². The molecule has 0 aliphatic heterocycles. The van der Waals surface area contributed by atoms with Crippen molar-refractivity contribution in [3.8, 4) is 17.0 Å². The highest BCUT2D eigenvalue weighted by atomic mass is 16.5. The Morgan fingerprint density at radius 1 is 1.19 bits per heavy atom. The smallest absolute Gasteiger partial charge is 0.140 e. The van der Waals surface area contributed by atoms with E-state index < -0.39 is 0 Å². The van der Waals surface area contributed by atoms with Crippen LogP contribution < -0.4 is 10.1 Å². The van der Waals surface area contributed by atoms with E-state index in [-0.39, 0.29) is 6.10 Å². The van der Waals surface area contributed by atoms with Crippen LogP contribution in [-0.2, 0) is 7.05 Å². The Morgan fingerprint density at radius 2 is 2.06 bits per heavy atom. The number of ether oxygens (including phenoxy) is 1. The molecule has 4 aromatic heterocycles. The van der Waals surface area contributed by atoms with Crippen LogP contribution in [0.15, 0.2) is 49.1 Å². The van der Waals surface area contributed by atoms with Gasteiger partial charge in [0.1, 0.15) is 34.6 Å². The van der Waals surface area contributed by atoms with Crippen LogP contribution in [0, 0.1) is 0 Å². The second-order valence-corrected chi connectivity index (χ2v) is 8.18. The van der Waals surface area contributed by atoms with E-state index >= 15 is 0 Å². The maximum absolute atomic E-state index is 6.34. The Morgan fingerprint density at radius 3 is 2.88 bits per heavy atom. The molecule has 1 aliphatic rings. The van der Waals surface area contributed by atoms with Crippen molar-refractivity contribution < 1.29 is 4.74 Å². The number of nitrogens with zero attached hydrogens (tertiary/aromatic N) is 6. The minimum atomic E-state index is -0.318. The average molecular weight is 426 g/mol. The van der Waals surface area contributed by atoms with Gasteiger partial charge in [-0.25, -0.2) is 4.98 Å². The lowest BCUT2D eigenvalue weighted by Crippen LogP contribution is -2.11. The molecule has 0 spiro atoms. The van der Waals surface area contributed by atoms with Gasteiger partial charge >= 0.3 is 0 Å². The molecule has 5 aromatic rings. The Kier molecular flexibility index (Phi) is 4.27. The van der Waals surface area contributed by atoms with Crippen LogP contribution in [0.1, 0.15) is 31.6 Å². The lowest BCUT2D eigenvalue weighted by molar-refractivity contribution is 0.224. The van der Waals surface area contributed by atoms with Gasteiger partial charge in [-0.15, -0.1) is 0 Å². The van der Waals surface area contributed by atoms with Crippen LogP contribution in [0.4, 0.5) is 5.82 Å². The quantitative estimate of drug-likeness (QED) is 0.422. The van der Waals surface area contributed by atoms with Crippen molar-refractivity contribution in [2.75, 3.05) is 5.32 Å². The number of hydrogen-bond donors (Lipinski definition) is 2. The fraction of sp³-hybridized carbons (Fsp3) is 0.261. The summed E-state index contributed by atoms with van der Waals surface area (Å²) in [6.45, 7) is 1.99. The molecule has 1 fully saturated rings. The molecule has 0 radical (unpaired) electrons. The first-order valence-electron chi connectivity index (χ1n) is 10.7. The maximum atomic E-state index is 6.34. The Labute approximate surface area is 183 Å². The van der Waals surface area contributed by atoms with Crippen molar-refractivity contribution >= 4 is 27.8 Å². The van der Waals surface area contributed by atoms with E-state index in [4.69, 9.17) is 9.72 Å². The number of nitrogens with one attached hydrogen (secondary N) is 2. The molecule has 0 unspecified atom stereocenters. The maximum Gasteiger partial charge on any atom is 0.140 e. The largest absolute Gasteiger partial charge is 0.484 e. The second kappa shape index (κ2) is 7.30. The zero-order valence-corrected chi connectivity index (χ0v) is 17.8. The summed E-state index contributed by atoms with van der Waals surface area (Å²) in [5.41, 5.74) is 5.05. The molecule has 0 bridgehead atoms. The van der Waals surface area contributed by atoms with Crippen LogP contribution >= 0.6 is 0 Å². The van der Waals surface area contributed by atoms with Gasteiger partial charge in [0.15, 0.2) is 0 Å². The van der Waals surface area contributed by atoms with Crippen molar-refractivity contribution in [2.45, 2.75) is 31.9 Å². The van der Waals surface area contributed by atoms with E-state index in [1.165, 1.54) is 12.8 Å². The number of pyridine rings is 1. The average Bonchev–Trinajstić information content (AvgIpc) is 3.34. The molecule has 1 atom stereocenters. The highest BCUT2D eigenvalue weighted by Crippen LogP contribution is 2.32. The number of H-pyrrole nitrogens is 1. The minimum absolute atomic E-state index is 0.318. The first-order chi connectivity index (χ1) is 15.6. The van der Waals surface area contributed by atoms with Gasteiger partial charge in [-0.1, -0.05) is 0 Å². The topological polar surface area (TPSA) is 106 Å². The fourth-order valence-corrected chi connectivity index (χ4v) is 3.88. The van der Waals surface area contributed by atoms with Gasteiger partial charge in [0, 0.05) is 48.7 Å². The van der Waals surface area contributed by atoms with Gasteiger partial charge in [0.2, 0.25) is 0 Å². The number of hydrogen-bond acceptors (Lipinski definition) is 7. The summed E-state index contributed by atoms with van der Waals surface area (Å²) >= 11 is 0. The van der Waals surface area contributed by atoms with Gasteiger partial charge in [0.05, 0.1) is 17.2 Å². The molecule has 4 heterocycles. The van der Waals surface area contributed by atoms with Crippen molar-refractivity contribution in [3.05, 3.63) is 54.7 Å². The third kappa shape index (κ3) is 3.41. The molecule has 2 N–H and O–H groups in total. The molecule has 0 amide bonds. The minimum Gasteiger partial charge on any atom is -0.484 e. The SMILES string of the molecule is C[C@@H](Oc1ccc2[nH]nc(-c3cnn(C)c3)c2c1)c1nc(NC2CC2)cc2nccnc12. The molecule has 9 heteroatoms. The summed E-state index contributed by atoms with van der Waals surface area (Å²) in [7, 11) is 1.89. The van der Waals surface area contributed by atoms with Crippen LogP contribution in [0.3, 0.4) is 0 Å². The van der Waals surface area contributed by atoms with Crippen LogP contribution in [-0.4, -0.2) is 41.0 Å². The first-order valence-corrected chi connectivity index (χ1v) is 10.7. The molecule has 0 saturated heterocycles. The van der Waals surface area contributed by atoms with E-state index in [0.717, 1.165) is 50.5 Å². The molecule has 6 rings (SSSR count). The van der Waals surface area contributed by atoms with E-state index in [1.807, 2.05) is 44.4 Å². The van der Waals surface area contributed by atoms with Gasteiger partial charge in [-0.05, 0) is 38.0 Å². The molecule has 1 saturated carbocycles. The number of aryl methyl sites for hydroxylation is 1. The van der Waals surface area contributed by atoms with Crippen LogP contribution in [0.25, 0.3) is 33.2 Å². The van der Waals surface area contributed by atoms with Crippen molar-refractivity contribution in [1.29, 1.82) is 0 Å². The number of aromatic nitrogens is 7. The van der Waals surface area contributed by atoms with Crippen molar-refractivity contribution in [1.82, 2.24) is 34.9 Å². The zero-order chi connectivity index (χ0) is 21.7. The molecule has 1 aliphatic carbocycles. The molecule has 32 heavy (non-hydrogen) atoms. The van der Waals surface area contributed by atoms with E-state index in [0.29, 0.717) is 6.04 Å². The monoisotopic (exact) mass is 426 g/mol. The Bertz CT molecular complexity index is 1430. The van der Waals surface area contributed by atoms with Gasteiger partial charge in [-0.3, -0.25) is 19.7 Å². The molecular weight excluding hydrogens is 404 g/mol. The van der Waals surface area contributed by atoms with Crippen molar-refractivity contribution in [2.24, 2.45) is 7.05 Å². The number of aromatic amines is 1. The normalized spacial score (nSPS) is 14.7. The lowest BCUT2D eigenvalue weighted by Gasteiger charge is -2.17. The van der Waals surface area contributed by atoms with E-state index in [9.17, 15) is 0 Å². The Balaban J connectivity index is 1.35. The summed E-state index contributed by atoms with van der Waals surface area (Å²) in [5.74, 6) is 1.55. The van der Waals surface area contributed by atoms with E-state index in [2.05, 4.69) is 30.6 Å². The summed E-state index contributed by atoms with van der Waals surface area (Å²) < 4.78 is 8.10. The van der Waals surface area contributed by atoms with Gasteiger partial charge in [0.25, 0.3) is 0 Å². The van der Waals surface area contributed by atoms with Crippen LogP contribution in [0.5, 0.6) is 5.75 Å². The molecule has 1 aromatic carbocycles. The summed E-state index contributed by atoms with van der Waals surface area (Å²) in [6, 6.07) is 8.35. The first kappa shape index (κ1) is 18.7. The molecular formula is C23H22N8O. The number of fused-ring (bicyclic) bond motifs is 2. The Hall–Kier alpha value is -4.01. The third-order valence-electron chi connectivity index (χ3n) is 5.62. The molecule has 9 nitrogen and oxygen atoms in total. The molecule has 160 valence electrons. The van der Waals surface area contributed by atoms with Gasteiger partial charge < -0.3 is 10.1 Å². The third-order valence-corrected chi connectivity index (χ3v) is 5.62. The van der Waals surface area contributed by atoms with Gasteiger partial charge in [-0.2, -0.15) is 10.2 Å². The highest BCUT2D eigenvalue weighted by Gasteiger charge is 2.23. The predicted octanol–water partition coefficient (Wildman–Crippen LogP) is 4.02. The number of rotatable bonds is 6. The number of anilines is 1. The predicted molar refractivity (Wildman–Crippen MR) is 121 cm³/mol. The summed E-state index contributed by atoms with van der Waals surface area (Å²) in [4.78, 5) is 13.8. The summed E-state index contributed by atoms with van der Waals surface area (Å²) in [6.07, 6.45) is 9.16. The van der Waals surface area contributed by atoms with E-state index in [1.54, 1.807) is 23.3 Å². The highest BCUT2D eigenvalue weighted by molar-refractivity contribution is 5.93. The lowest BCUT2D eigenvalue weighted by atomic mass is 10.1.